The monoisotopic (exact) mass is 329 g/mol. The number of hydrogen-bond donors (Lipinski definition) is 1. The maximum Gasteiger partial charge on any atom is 0.253 e. The Morgan fingerprint density at radius 1 is 1.17 bits per heavy atom. The molecule has 1 aromatic rings. The van der Waals surface area contributed by atoms with Gasteiger partial charge in [-0.25, -0.2) is 0 Å². The number of benzene rings is 1. The first kappa shape index (κ1) is 15.9. The number of carbonyl (C=O) groups excluding carboxylic acids is 1. The number of nitrogens with one attached hydrogen (secondary N) is 1. The molecule has 1 aliphatic carbocycles. The summed E-state index contributed by atoms with van der Waals surface area (Å²) in [6.07, 6.45) is 4.37. The fourth-order valence-corrected chi connectivity index (χ4v) is 3.64. The van der Waals surface area contributed by atoms with Gasteiger partial charge in [0.15, 0.2) is 0 Å². The average molecular weight is 329 g/mol. The third-order valence-corrected chi connectivity index (χ3v) is 5.29. The SMILES string of the molecule is O=C(Nc1cccc(N2CCN(CC3CC3)CC2)c1)C1CCCO1. The smallest absolute Gasteiger partial charge is 0.253 e. The van der Waals surface area contributed by atoms with Crippen LogP contribution in [-0.2, 0) is 9.53 Å². The van der Waals surface area contributed by atoms with Crippen molar-refractivity contribution in [1.29, 1.82) is 0 Å². The van der Waals surface area contributed by atoms with E-state index in [2.05, 4.69) is 27.2 Å². The van der Waals surface area contributed by atoms with Crippen LogP contribution < -0.4 is 10.2 Å². The van der Waals surface area contributed by atoms with E-state index in [1.165, 1.54) is 25.1 Å². The molecule has 1 saturated carbocycles. The lowest BCUT2D eigenvalue weighted by Crippen LogP contribution is -2.47. The molecule has 4 rings (SSSR count). The van der Waals surface area contributed by atoms with Gasteiger partial charge in [-0.1, -0.05) is 6.07 Å². The van der Waals surface area contributed by atoms with Gasteiger partial charge in [0.1, 0.15) is 6.10 Å². The molecule has 2 aliphatic heterocycles. The molecule has 3 aliphatic rings. The summed E-state index contributed by atoms with van der Waals surface area (Å²) < 4.78 is 5.45. The van der Waals surface area contributed by atoms with Crippen molar-refractivity contribution in [2.75, 3.05) is 49.5 Å². The first-order valence-corrected chi connectivity index (χ1v) is 9.28. The van der Waals surface area contributed by atoms with Crippen molar-refractivity contribution in [3.8, 4) is 0 Å². The Kier molecular flexibility index (Phi) is 4.72. The van der Waals surface area contributed by atoms with Crippen LogP contribution in [-0.4, -0.2) is 56.2 Å². The maximum absolute atomic E-state index is 12.2. The number of nitrogens with zero attached hydrogens (tertiary/aromatic N) is 2. The van der Waals surface area contributed by atoms with E-state index in [9.17, 15) is 4.79 Å². The van der Waals surface area contributed by atoms with E-state index >= 15 is 0 Å². The Hall–Kier alpha value is -1.59. The highest BCUT2D eigenvalue weighted by molar-refractivity contribution is 5.94. The normalized spacial score (nSPS) is 25.0. The van der Waals surface area contributed by atoms with E-state index in [1.807, 2.05) is 12.1 Å². The second kappa shape index (κ2) is 7.11. The quantitative estimate of drug-likeness (QED) is 0.900. The van der Waals surface area contributed by atoms with Gasteiger partial charge in [-0.15, -0.1) is 0 Å². The molecule has 0 bridgehead atoms. The van der Waals surface area contributed by atoms with Gasteiger partial charge in [0.25, 0.3) is 5.91 Å². The largest absolute Gasteiger partial charge is 0.369 e. The van der Waals surface area contributed by atoms with E-state index in [4.69, 9.17) is 4.74 Å². The van der Waals surface area contributed by atoms with Crippen molar-refractivity contribution >= 4 is 17.3 Å². The second-order valence-electron chi connectivity index (χ2n) is 7.27. The number of ether oxygens (including phenoxy) is 1. The number of piperazine rings is 1. The highest BCUT2D eigenvalue weighted by Gasteiger charge is 2.27. The highest BCUT2D eigenvalue weighted by Crippen LogP contribution is 2.30. The molecule has 1 amide bonds. The van der Waals surface area contributed by atoms with Crippen LogP contribution in [0.4, 0.5) is 11.4 Å². The summed E-state index contributed by atoms with van der Waals surface area (Å²) in [5, 5.41) is 3.01. The standard InChI is InChI=1S/C19H27N3O2/c23-19(18-5-2-12-24-18)20-16-3-1-4-17(13-16)22-10-8-21(9-11-22)14-15-6-7-15/h1,3-4,13,15,18H,2,5-12,14H2,(H,20,23). The molecule has 1 unspecified atom stereocenters. The van der Waals surface area contributed by atoms with Crippen molar-refractivity contribution in [3.05, 3.63) is 24.3 Å². The molecule has 1 aromatic carbocycles. The minimum Gasteiger partial charge on any atom is -0.369 e. The van der Waals surface area contributed by atoms with Gasteiger partial charge in [0.05, 0.1) is 0 Å². The zero-order valence-electron chi connectivity index (χ0n) is 14.2. The number of rotatable bonds is 5. The van der Waals surface area contributed by atoms with E-state index in [0.717, 1.165) is 50.6 Å². The van der Waals surface area contributed by atoms with Gasteiger partial charge in [0.2, 0.25) is 0 Å². The molecular weight excluding hydrogens is 302 g/mol. The number of carbonyl (C=O) groups is 1. The molecule has 1 N–H and O–H groups in total. The van der Waals surface area contributed by atoms with Gasteiger partial charge in [0, 0.05) is 50.7 Å². The lowest BCUT2D eigenvalue weighted by molar-refractivity contribution is -0.124. The van der Waals surface area contributed by atoms with Gasteiger partial charge in [-0.3, -0.25) is 9.69 Å². The van der Waals surface area contributed by atoms with Gasteiger partial charge in [-0.2, -0.15) is 0 Å². The Balaban J connectivity index is 1.33. The fourth-order valence-electron chi connectivity index (χ4n) is 3.64. The molecule has 3 fully saturated rings. The van der Waals surface area contributed by atoms with Crippen LogP contribution in [0.1, 0.15) is 25.7 Å². The Morgan fingerprint density at radius 3 is 2.71 bits per heavy atom. The van der Waals surface area contributed by atoms with Crippen molar-refractivity contribution in [2.45, 2.75) is 31.8 Å². The van der Waals surface area contributed by atoms with Crippen LogP contribution in [0, 0.1) is 5.92 Å². The first-order chi connectivity index (χ1) is 11.8. The molecule has 1 atom stereocenters. The van der Waals surface area contributed by atoms with Crippen molar-refractivity contribution in [2.24, 2.45) is 5.92 Å². The van der Waals surface area contributed by atoms with E-state index in [-0.39, 0.29) is 12.0 Å². The minimum absolute atomic E-state index is 0.0149. The molecule has 24 heavy (non-hydrogen) atoms. The molecule has 130 valence electrons. The van der Waals surface area contributed by atoms with E-state index in [1.54, 1.807) is 0 Å². The predicted octanol–water partition coefficient (Wildman–Crippen LogP) is 2.34. The minimum atomic E-state index is -0.278. The molecular formula is C19H27N3O2. The summed E-state index contributed by atoms with van der Waals surface area (Å²) in [5.74, 6) is 0.951. The van der Waals surface area contributed by atoms with E-state index < -0.39 is 0 Å². The fraction of sp³-hybridized carbons (Fsp3) is 0.632. The van der Waals surface area contributed by atoms with Crippen molar-refractivity contribution in [3.63, 3.8) is 0 Å². The van der Waals surface area contributed by atoms with Crippen LogP contribution in [0.5, 0.6) is 0 Å². The first-order valence-electron chi connectivity index (χ1n) is 9.28. The van der Waals surface area contributed by atoms with Crippen LogP contribution in [0.15, 0.2) is 24.3 Å². The Labute approximate surface area is 144 Å². The van der Waals surface area contributed by atoms with Crippen molar-refractivity contribution < 1.29 is 9.53 Å². The zero-order chi connectivity index (χ0) is 16.4. The van der Waals surface area contributed by atoms with E-state index in [0.29, 0.717) is 6.61 Å². The molecule has 5 heteroatoms. The number of anilines is 2. The molecule has 0 spiro atoms. The van der Waals surface area contributed by atoms with Crippen LogP contribution in [0.3, 0.4) is 0 Å². The predicted molar refractivity (Wildman–Crippen MR) is 95.4 cm³/mol. The molecule has 5 nitrogen and oxygen atoms in total. The van der Waals surface area contributed by atoms with Gasteiger partial charge < -0.3 is 15.0 Å². The summed E-state index contributed by atoms with van der Waals surface area (Å²) >= 11 is 0. The summed E-state index contributed by atoms with van der Waals surface area (Å²) in [4.78, 5) is 17.2. The van der Waals surface area contributed by atoms with Gasteiger partial charge in [-0.05, 0) is 49.8 Å². The zero-order valence-corrected chi connectivity index (χ0v) is 14.2. The average Bonchev–Trinajstić information content (AvgIpc) is 3.24. The lowest BCUT2D eigenvalue weighted by Gasteiger charge is -2.36. The lowest BCUT2D eigenvalue weighted by atomic mass is 10.2. The molecule has 2 saturated heterocycles. The molecule has 0 aromatic heterocycles. The van der Waals surface area contributed by atoms with Crippen LogP contribution >= 0.6 is 0 Å². The third kappa shape index (κ3) is 3.90. The summed E-state index contributed by atoms with van der Waals surface area (Å²) in [5.41, 5.74) is 2.07. The Bertz CT molecular complexity index is 574. The van der Waals surface area contributed by atoms with Gasteiger partial charge >= 0.3 is 0 Å². The second-order valence-corrected chi connectivity index (χ2v) is 7.27. The highest BCUT2D eigenvalue weighted by atomic mass is 16.5. The van der Waals surface area contributed by atoms with Crippen molar-refractivity contribution in [1.82, 2.24) is 4.90 Å². The molecule has 2 heterocycles. The van der Waals surface area contributed by atoms with Crippen LogP contribution in [0.2, 0.25) is 0 Å². The Morgan fingerprint density at radius 2 is 2.00 bits per heavy atom. The molecule has 0 radical (unpaired) electrons. The maximum atomic E-state index is 12.2. The third-order valence-electron chi connectivity index (χ3n) is 5.29. The topological polar surface area (TPSA) is 44.8 Å². The number of hydrogen-bond acceptors (Lipinski definition) is 4. The summed E-state index contributed by atoms with van der Waals surface area (Å²) in [6.45, 7) is 6.40. The number of amides is 1. The summed E-state index contributed by atoms with van der Waals surface area (Å²) in [6, 6.07) is 8.21. The summed E-state index contributed by atoms with van der Waals surface area (Å²) in [7, 11) is 0. The van der Waals surface area contributed by atoms with Crippen LogP contribution in [0.25, 0.3) is 0 Å².